The van der Waals surface area contributed by atoms with Crippen molar-refractivity contribution in [2.75, 3.05) is 13.4 Å². The van der Waals surface area contributed by atoms with Crippen LogP contribution in [0, 0.1) is 6.92 Å². The van der Waals surface area contributed by atoms with Gasteiger partial charge in [-0.2, -0.15) is 5.10 Å². The summed E-state index contributed by atoms with van der Waals surface area (Å²) in [6.45, 7) is 1.91. The van der Waals surface area contributed by atoms with Crippen LogP contribution in [-0.4, -0.2) is 23.6 Å². The fourth-order valence-corrected chi connectivity index (χ4v) is 1.33. The van der Waals surface area contributed by atoms with Crippen molar-refractivity contribution in [2.24, 2.45) is 0 Å². The molecule has 1 heterocycles. The lowest BCUT2D eigenvalue weighted by atomic mass is 10.4. The van der Waals surface area contributed by atoms with Crippen molar-refractivity contribution in [1.29, 1.82) is 0 Å². The standard InChI is InChI=1S/C7H10N2OS/c1-5-4-6(11-3)7(10-2)9-8-5/h4H,1-3H3. The number of hydrogen-bond acceptors (Lipinski definition) is 4. The van der Waals surface area contributed by atoms with Crippen molar-refractivity contribution in [1.82, 2.24) is 10.2 Å². The molecular formula is C7H10N2OS. The molecule has 0 amide bonds. The zero-order chi connectivity index (χ0) is 8.27. The largest absolute Gasteiger partial charge is 0.479 e. The van der Waals surface area contributed by atoms with Crippen LogP contribution in [0.5, 0.6) is 5.88 Å². The topological polar surface area (TPSA) is 35.0 Å². The number of nitrogens with zero attached hydrogens (tertiary/aromatic N) is 2. The average Bonchev–Trinajstić information content (AvgIpc) is 2.04. The Morgan fingerprint density at radius 1 is 1.45 bits per heavy atom. The lowest BCUT2D eigenvalue weighted by Gasteiger charge is -2.02. The summed E-state index contributed by atoms with van der Waals surface area (Å²) < 4.78 is 5.00. The molecule has 0 spiro atoms. The molecule has 0 aliphatic carbocycles. The van der Waals surface area contributed by atoms with E-state index in [2.05, 4.69) is 10.2 Å². The molecule has 1 aromatic rings. The molecule has 1 rings (SSSR count). The number of thioether (sulfide) groups is 1. The van der Waals surface area contributed by atoms with E-state index in [0.29, 0.717) is 5.88 Å². The van der Waals surface area contributed by atoms with Crippen LogP contribution in [0.25, 0.3) is 0 Å². The zero-order valence-corrected chi connectivity index (χ0v) is 7.60. The predicted octanol–water partition coefficient (Wildman–Crippen LogP) is 1.52. The fourth-order valence-electron chi connectivity index (χ4n) is 0.742. The van der Waals surface area contributed by atoms with Crippen LogP contribution in [0.3, 0.4) is 0 Å². The van der Waals surface area contributed by atoms with Crippen molar-refractivity contribution >= 4 is 11.8 Å². The highest BCUT2D eigenvalue weighted by molar-refractivity contribution is 7.98. The monoisotopic (exact) mass is 170 g/mol. The number of ether oxygens (including phenoxy) is 1. The van der Waals surface area contributed by atoms with Crippen LogP contribution in [0.15, 0.2) is 11.0 Å². The number of rotatable bonds is 2. The molecule has 60 valence electrons. The summed E-state index contributed by atoms with van der Waals surface area (Å²) in [5.74, 6) is 0.600. The first kappa shape index (κ1) is 8.33. The molecular weight excluding hydrogens is 160 g/mol. The smallest absolute Gasteiger partial charge is 0.246 e. The van der Waals surface area contributed by atoms with E-state index in [1.807, 2.05) is 19.2 Å². The third kappa shape index (κ3) is 1.83. The van der Waals surface area contributed by atoms with Gasteiger partial charge in [0.2, 0.25) is 5.88 Å². The molecule has 0 unspecified atom stereocenters. The molecule has 0 saturated heterocycles. The minimum atomic E-state index is 0.600. The third-order valence-electron chi connectivity index (χ3n) is 1.26. The van der Waals surface area contributed by atoms with Crippen molar-refractivity contribution in [3.8, 4) is 5.88 Å². The lowest BCUT2D eigenvalue weighted by Crippen LogP contribution is -1.94. The van der Waals surface area contributed by atoms with Gasteiger partial charge in [-0.05, 0) is 19.2 Å². The van der Waals surface area contributed by atoms with Crippen LogP contribution in [0.1, 0.15) is 5.69 Å². The van der Waals surface area contributed by atoms with Gasteiger partial charge in [-0.25, -0.2) is 0 Å². The summed E-state index contributed by atoms with van der Waals surface area (Å²) in [7, 11) is 1.60. The highest BCUT2D eigenvalue weighted by Crippen LogP contribution is 2.23. The second-order valence-corrected chi connectivity index (χ2v) is 2.91. The van der Waals surface area contributed by atoms with Gasteiger partial charge in [-0.15, -0.1) is 16.9 Å². The van der Waals surface area contributed by atoms with Crippen molar-refractivity contribution < 1.29 is 4.74 Å². The van der Waals surface area contributed by atoms with E-state index in [0.717, 1.165) is 10.6 Å². The maximum absolute atomic E-state index is 5.00. The third-order valence-corrected chi connectivity index (χ3v) is 1.99. The van der Waals surface area contributed by atoms with Gasteiger partial charge in [0.1, 0.15) is 0 Å². The first-order valence-electron chi connectivity index (χ1n) is 3.20. The first-order valence-corrected chi connectivity index (χ1v) is 4.42. The fraction of sp³-hybridized carbons (Fsp3) is 0.429. The van der Waals surface area contributed by atoms with Crippen molar-refractivity contribution in [3.63, 3.8) is 0 Å². The summed E-state index contributed by atoms with van der Waals surface area (Å²) in [5.41, 5.74) is 0.912. The molecule has 0 atom stereocenters. The maximum Gasteiger partial charge on any atom is 0.246 e. The van der Waals surface area contributed by atoms with E-state index in [9.17, 15) is 0 Å². The molecule has 0 aromatic carbocycles. The van der Waals surface area contributed by atoms with Crippen LogP contribution in [-0.2, 0) is 0 Å². The molecule has 0 radical (unpaired) electrons. The zero-order valence-electron chi connectivity index (χ0n) is 6.79. The molecule has 0 bridgehead atoms. The number of hydrogen-bond donors (Lipinski definition) is 0. The Kier molecular flexibility index (Phi) is 2.70. The van der Waals surface area contributed by atoms with Crippen LogP contribution < -0.4 is 4.74 Å². The van der Waals surface area contributed by atoms with E-state index in [1.165, 1.54) is 0 Å². The van der Waals surface area contributed by atoms with Gasteiger partial charge in [0.15, 0.2) is 0 Å². The summed E-state index contributed by atoms with van der Waals surface area (Å²) in [4.78, 5) is 1.03. The maximum atomic E-state index is 5.00. The quantitative estimate of drug-likeness (QED) is 0.630. The molecule has 1 aromatic heterocycles. The van der Waals surface area contributed by atoms with Gasteiger partial charge < -0.3 is 4.74 Å². The molecule has 0 aliphatic rings. The highest BCUT2D eigenvalue weighted by Gasteiger charge is 2.02. The Morgan fingerprint density at radius 3 is 2.73 bits per heavy atom. The van der Waals surface area contributed by atoms with Crippen molar-refractivity contribution in [3.05, 3.63) is 11.8 Å². The minimum Gasteiger partial charge on any atom is -0.479 e. The van der Waals surface area contributed by atoms with E-state index in [1.54, 1.807) is 18.9 Å². The minimum absolute atomic E-state index is 0.600. The molecule has 0 aliphatic heterocycles. The molecule has 11 heavy (non-hydrogen) atoms. The van der Waals surface area contributed by atoms with E-state index in [-0.39, 0.29) is 0 Å². The van der Waals surface area contributed by atoms with Crippen LogP contribution in [0.2, 0.25) is 0 Å². The van der Waals surface area contributed by atoms with Crippen LogP contribution in [0.4, 0.5) is 0 Å². The Hall–Kier alpha value is -0.770. The molecule has 4 heteroatoms. The Labute approximate surface area is 70.2 Å². The molecule has 0 saturated carbocycles. The van der Waals surface area contributed by atoms with Gasteiger partial charge in [0, 0.05) is 0 Å². The summed E-state index contributed by atoms with van der Waals surface area (Å²) in [6, 6.07) is 1.95. The Balaban J connectivity index is 3.06. The van der Waals surface area contributed by atoms with E-state index in [4.69, 9.17) is 4.74 Å². The normalized spacial score (nSPS) is 9.73. The van der Waals surface area contributed by atoms with Gasteiger partial charge >= 0.3 is 0 Å². The van der Waals surface area contributed by atoms with Crippen molar-refractivity contribution in [2.45, 2.75) is 11.8 Å². The average molecular weight is 170 g/mol. The van der Waals surface area contributed by atoms with E-state index < -0.39 is 0 Å². The van der Waals surface area contributed by atoms with E-state index >= 15 is 0 Å². The molecule has 0 N–H and O–H groups in total. The summed E-state index contributed by atoms with van der Waals surface area (Å²) >= 11 is 1.61. The first-order chi connectivity index (χ1) is 5.27. The number of aromatic nitrogens is 2. The summed E-state index contributed by atoms with van der Waals surface area (Å²) in [6.07, 6.45) is 1.99. The van der Waals surface area contributed by atoms with Gasteiger partial charge in [-0.3, -0.25) is 0 Å². The summed E-state index contributed by atoms with van der Waals surface area (Å²) in [5, 5.41) is 7.74. The predicted molar refractivity (Wildman–Crippen MR) is 45.1 cm³/mol. The second-order valence-electron chi connectivity index (χ2n) is 2.06. The van der Waals surface area contributed by atoms with Gasteiger partial charge in [0.25, 0.3) is 0 Å². The molecule has 0 fully saturated rings. The highest BCUT2D eigenvalue weighted by atomic mass is 32.2. The van der Waals surface area contributed by atoms with Gasteiger partial charge in [0.05, 0.1) is 17.7 Å². The Bertz CT molecular complexity index is 252. The Morgan fingerprint density at radius 2 is 2.18 bits per heavy atom. The molecule has 3 nitrogen and oxygen atoms in total. The SMILES string of the molecule is COc1nnc(C)cc1SC. The van der Waals surface area contributed by atoms with Gasteiger partial charge in [-0.1, -0.05) is 0 Å². The van der Waals surface area contributed by atoms with Crippen LogP contribution >= 0.6 is 11.8 Å². The second kappa shape index (κ2) is 3.57. The number of aryl methyl sites for hydroxylation is 1. The lowest BCUT2D eigenvalue weighted by molar-refractivity contribution is 0.380. The number of methoxy groups -OCH3 is 1.